The molecule has 1 aliphatic heterocycles. The number of piperazine rings is 1. The molecule has 1 amide bonds. The zero-order valence-corrected chi connectivity index (χ0v) is 15.2. The summed E-state index contributed by atoms with van der Waals surface area (Å²) in [4.78, 5) is 17.1. The van der Waals surface area contributed by atoms with Crippen molar-refractivity contribution in [1.82, 2.24) is 9.80 Å². The van der Waals surface area contributed by atoms with Gasteiger partial charge in [0.1, 0.15) is 5.75 Å². The van der Waals surface area contributed by atoms with Crippen molar-refractivity contribution in [3.63, 3.8) is 0 Å². The Morgan fingerprint density at radius 3 is 2.40 bits per heavy atom. The van der Waals surface area contributed by atoms with Crippen LogP contribution < -0.4 is 4.74 Å². The molecule has 0 bridgehead atoms. The number of para-hydroxylation sites is 1. The lowest BCUT2D eigenvalue weighted by Gasteiger charge is -2.35. The number of hydrogen-bond acceptors (Lipinski definition) is 3. The van der Waals surface area contributed by atoms with Crippen molar-refractivity contribution in [2.24, 2.45) is 0 Å². The van der Waals surface area contributed by atoms with Gasteiger partial charge in [-0.15, -0.1) is 0 Å². The number of ether oxygens (including phenoxy) is 1. The van der Waals surface area contributed by atoms with Crippen LogP contribution in [-0.2, 0) is 6.54 Å². The Morgan fingerprint density at radius 1 is 1.04 bits per heavy atom. The first-order valence-corrected chi connectivity index (χ1v) is 9.03. The molecule has 2 aromatic carbocycles. The second kappa shape index (κ2) is 8.37. The Labute approximate surface area is 154 Å². The topological polar surface area (TPSA) is 32.8 Å². The Hall–Kier alpha value is -2.04. The van der Waals surface area contributed by atoms with E-state index >= 15 is 0 Å². The average Bonchev–Trinajstić information content (AvgIpc) is 2.64. The Balaban J connectivity index is 1.58. The van der Waals surface area contributed by atoms with E-state index in [9.17, 15) is 4.79 Å². The molecule has 1 saturated heterocycles. The van der Waals surface area contributed by atoms with Gasteiger partial charge >= 0.3 is 0 Å². The molecule has 5 heteroatoms. The van der Waals surface area contributed by atoms with Crippen LogP contribution in [-0.4, -0.2) is 48.5 Å². The quantitative estimate of drug-likeness (QED) is 0.817. The Kier molecular flexibility index (Phi) is 5.95. The first kappa shape index (κ1) is 17.8. The summed E-state index contributed by atoms with van der Waals surface area (Å²) in [6, 6.07) is 15.4. The minimum absolute atomic E-state index is 0.0511. The SMILES string of the molecule is CCOc1ccccc1C(=O)N1CCN(Cc2ccc(Cl)cc2)CC1. The van der Waals surface area contributed by atoms with E-state index in [0.29, 0.717) is 17.9 Å². The number of nitrogens with zero attached hydrogens (tertiary/aromatic N) is 2. The molecule has 0 unspecified atom stereocenters. The van der Waals surface area contributed by atoms with Crippen LogP contribution in [0.15, 0.2) is 48.5 Å². The third-order valence-corrected chi connectivity index (χ3v) is 4.65. The second-order valence-corrected chi connectivity index (χ2v) is 6.56. The molecule has 0 atom stereocenters. The van der Waals surface area contributed by atoms with E-state index in [-0.39, 0.29) is 5.91 Å². The lowest BCUT2D eigenvalue weighted by atomic mass is 10.1. The number of carbonyl (C=O) groups excluding carboxylic acids is 1. The van der Waals surface area contributed by atoms with E-state index in [1.807, 2.05) is 48.2 Å². The first-order valence-electron chi connectivity index (χ1n) is 8.65. The highest BCUT2D eigenvalue weighted by atomic mass is 35.5. The molecule has 2 aromatic rings. The van der Waals surface area contributed by atoms with Crippen LogP contribution in [0.4, 0.5) is 0 Å². The van der Waals surface area contributed by atoms with Crippen molar-refractivity contribution in [2.45, 2.75) is 13.5 Å². The summed E-state index contributed by atoms with van der Waals surface area (Å²) in [6.07, 6.45) is 0. The van der Waals surface area contributed by atoms with Crippen LogP contribution in [0, 0.1) is 0 Å². The molecule has 0 saturated carbocycles. The van der Waals surface area contributed by atoms with E-state index in [2.05, 4.69) is 17.0 Å². The highest BCUT2D eigenvalue weighted by molar-refractivity contribution is 6.30. The van der Waals surface area contributed by atoms with Gasteiger partial charge in [-0.25, -0.2) is 0 Å². The van der Waals surface area contributed by atoms with Gasteiger partial charge in [-0.05, 0) is 36.8 Å². The predicted octanol–water partition coefficient (Wildman–Crippen LogP) is 3.70. The number of halogens is 1. The molecular formula is C20H23ClN2O2. The van der Waals surface area contributed by atoms with Gasteiger partial charge in [-0.1, -0.05) is 35.9 Å². The van der Waals surface area contributed by atoms with Gasteiger partial charge in [-0.3, -0.25) is 9.69 Å². The normalized spacial score (nSPS) is 15.2. The number of benzene rings is 2. The zero-order valence-electron chi connectivity index (χ0n) is 14.5. The molecule has 1 heterocycles. The van der Waals surface area contributed by atoms with Crippen molar-refractivity contribution in [1.29, 1.82) is 0 Å². The third-order valence-electron chi connectivity index (χ3n) is 4.40. The van der Waals surface area contributed by atoms with E-state index in [4.69, 9.17) is 16.3 Å². The van der Waals surface area contributed by atoms with Crippen molar-refractivity contribution >= 4 is 17.5 Å². The molecule has 0 radical (unpaired) electrons. The third kappa shape index (κ3) is 4.53. The van der Waals surface area contributed by atoms with E-state index in [1.54, 1.807) is 0 Å². The summed E-state index contributed by atoms with van der Waals surface area (Å²) in [5.74, 6) is 0.716. The molecule has 1 aliphatic rings. The van der Waals surface area contributed by atoms with E-state index in [1.165, 1.54) is 5.56 Å². The van der Waals surface area contributed by atoms with Crippen molar-refractivity contribution in [2.75, 3.05) is 32.8 Å². The van der Waals surface area contributed by atoms with Gasteiger partial charge in [0.05, 0.1) is 12.2 Å². The predicted molar refractivity (Wildman–Crippen MR) is 100 cm³/mol. The maximum Gasteiger partial charge on any atom is 0.257 e. The Bertz CT molecular complexity index is 710. The highest BCUT2D eigenvalue weighted by Gasteiger charge is 2.24. The fourth-order valence-electron chi connectivity index (χ4n) is 3.05. The van der Waals surface area contributed by atoms with Gasteiger partial charge in [0.2, 0.25) is 0 Å². The fourth-order valence-corrected chi connectivity index (χ4v) is 3.18. The number of carbonyl (C=O) groups is 1. The highest BCUT2D eigenvalue weighted by Crippen LogP contribution is 2.21. The summed E-state index contributed by atoms with van der Waals surface area (Å²) >= 11 is 5.93. The minimum atomic E-state index is 0.0511. The van der Waals surface area contributed by atoms with E-state index < -0.39 is 0 Å². The van der Waals surface area contributed by atoms with E-state index in [0.717, 1.165) is 37.7 Å². The van der Waals surface area contributed by atoms with Gasteiger partial charge in [-0.2, -0.15) is 0 Å². The fraction of sp³-hybridized carbons (Fsp3) is 0.350. The summed E-state index contributed by atoms with van der Waals surface area (Å²) in [5, 5.41) is 0.757. The lowest BCUT2D eigenvalue weighted by Crippen LogP contribution is -2.48. The molecule has 3 rings (SSSR count). The molecule has 0 N–H and O–H groups in total. The van der Waals surface area contributed by atoms with Crippen LogP contribution >= 0.6 is 11.6 Å². The summed E-state index contributed by atoms with van der Waals surface area (Å²) in [6.45, 7) is 6.56. The maximum absolute atomic E-state index is 12.8. The molecular weight excluding hydrogens is 336 g/mol. The molecule has 4 nitrogen and oxygen atoms in total. The largest absolute Gasteiger partial charge is 0.493 e. The number of hydrogen-bond donors (Lipinski definition) is 0. The second-order valence-electron chi connectivity index (χ2n) is 6.12. The molecule has 0 aliphatic carbocycles. The van der Waals surface area contributed by atoms with Crippen LogP contribution in [0.3, 0.4) is 0 Å². The van der Waals surface area contributed by atoms with Gasteiger partial charge in [0, 0.05) is 37.7 Å². The molecule has 25 heavy (non-hydrogen) atoms. The van der Waals surface area contributed by atoms with Crippen LogP contribution in [0.25, 0.3) is 0 Å². The van der Waals surface area contributed by atoms with Crippen molar-refractivity contribution in [3.05, 3.63) is 64.7 Å². The average molecular weight is 359 g/mol. The summed E-state index contributed by atoms with van der Waals surface area (Å²) in [7, 11) is 0. The first-order chi connectivity index (χ1) is 12.2. The summed E-state index contributed by atoms with van der Waals surface area (Å²) in [5.41, 5.74) is 1.89. The molecule has 132 valence electrons. The Morgan fingerprint density at radius 2 is 1.72 bits per heavy atom. The molecule has 0 aromatic heterocycles. The van der Waals surface area contributed by atoms with Crippen molar-refractivity contribution < 1.29 is 9.53 Å². The van der Waals surface area contributed by atoms with Gasteiger partial charge in [0.25, 0.3) is 5.91 Å². The summed E-state index contributed by atoms with van der Waals surface area (Å²) < 4.78 is 5.59. The molecule has 1 fully saturated rings. The molecule has 0 spiro atoms. The van der Waals surface area contributed by atoms with Gasteiger partial charge < -0.3 is 9.64 Å². The van der Waals surface area contributed by atoms with Crippen LogP contribution in [0.1, 0.15) is 22.8 Å². The van der Waals surface area contributed by atoms with Crippen LogP contribution in [0.2, 0.25) is 5.02 Å². The zero-order chi connectivity index (χ0) is 17.6. The minimum Gasteiger partial charge on any atom is -0.493 e. The monoisotopic (exact) mass is 358 g/mol. The lowest BCUT2D eigenvalue weighted by molar-refractivity contribution is 0.0624. The van der Waals surface area contributed by atoms with Crippen molar-refractivity contribution in [3.8, 4) is 5.75 Å². The maximum atomic E-state index is 12.8. The number of rotatable bonds is 5. The number of amides is 1. The van der Waals surface area contributed by atoms with Gasteiger partial charge in [0.15, 0.2) is 0 Å². The standard InChI is InChI=1S/C20H23ClN2O2/c1-2-25-19-6-4-3-5-18(19)20(24)23-13-11-22(12-14-23)15-16-7-9-17(21)10-8-16/h3-10H,2,11-15H2,1H3. The smallest absolute Gasteiger partial charge is 0.257 e. The van der Waals surface area contributed by atoms with Crippen LogP contribution in [0.5, 0.6) is 5.75 Å².